The maximum atomic E-state index is 9.47. The van der Waals surface area contributed by atoms with E-state index in [0.29, 0.717) is 6.04 Å². The van der Waals surface area contributed by atoms with Crippen LogP contribution in [-0.4, -0.2) is 61.2 Å². The summed E-state index contributed by atoms with van der Waals surface area (Å²) in [6.45, 7) is 7.15. The Hall–Kier alpha value is -0.630. The average Bonchev–Trinajstić information content (AvgIpc) is 2.57. The van der Waals surface area contributed by atoms with Crippen molar-refractivity contribution in [3.8, 4) is 6.07 Å². The minimum atomic E-state index is -0.226. The quantitative estimate of drug-likeness (QED) is 0.652. The first kappa shape index (κ1) is 10.9. The molecule has 0 aliphatic carbocycles. The molecule has 0 radical (unpaired) electrons. The predicted molar refractivity (Wildman–Crippen MR) is 59.5 cm³/mol. The number of hydrogen-bond donors (Lipinski definition) is 1. The second kappa shape index (κ2) is 4.09. The summed E-state index contributed by atoms with van der Waals surface area (Å²) in [5.41, 5.74) is -0.226. The molecule has 2 fully saturated rings. The van der Waals surface area contributed by atoms with E-state index in [2.05, 4.69) is 35.2 Å². The maximum absolute atomic E-state index is 9.47. The number of hydrogen-bond acceptors (Lipinski definition) is 4. The Labute approximate surface area is 91.8 Å². The smallest absolute Gasteiger partial charge is 0.123 e. The number of nitrogens with zero attached hydrogens (tertiary/aromatic N) is 3. The van der Waals surface area contributed by atoms with Crippen LogP contribution in [0.15, 0.2) is 0 Å². The fourth-order valence-electron chi connectivity index (χ4n) is 2.75. The second-order valence-electron chi connectivity index (χ2n) is 4.85. The minimum Gasteiger partial charge on any atom is -0.314 e. The number of nitriles is 1. The van der Waals surface area contributed by atoms with Gasteiger partial charge in [0.15, 0.2) is 0 Å². The van der Waals surface area contributed by atoms with E-state index >= 15 is 0 Å². The highest BCUT2D eigenvalue weighted by Gasteiger charge is 2.45. The minimum absolute atomic E-state index is 0.226. The first-order chi connectivity index (χ1) is 7.18. The van der Waals surface area contributed by atoms with Gasteiger partial charge in [-0.05, 0) is 20.4 Å². The second-order valence-corrected chi connectivity index (χ2v) is 4.85. The molecule has 84 valence electrons. The van der Waals surface area contributed by atoms with Gasteiger partial charge in [-0.2, -0.15) is 5.26 Å². The summed E-state index contributed by atoms with van der Waals surface area (Å²) in [4.78, 5) is 4.66. The van der Waals surface area contributed by atoms with Crippen molar-refractivity contribution in [2.75, 3.05) is 39.8 Å². The van der Waals surface area contributed by atoms with Gasteiger partial charge < -0.3 is 10.2 Å². The molecule has 0 spiro atoms. The molecule has 15 heavy (non-hydrogen) atoms. The summed E-state index contributed by atoms with van der Waals surface area (Å²) in [7, 11) is 2.12. The van der Waals surface area contributed by atoms with Crippen molar-refractivity contribution in [3.63, 3.8) is 0 Å². The molecular weight excluding hydrogens is 188 g/mol. The van der Waals surface area contributed by atoms with Crippen LogP contribution in [0.5, 0.6) is 0 Å². The summed E-state index contributed by atoms with van der Waals surface area (Å²) in [6.07, 6.45) is 0.986. The third-order valence-corrected chi connectivity index (χ3v) is 3.83. The van der Waals surface area contributed by atoms with E-state index < -0.39 is 0 Å². The van der Waals surface area contributed by atoms with Gasteiger partial charge in [-0.15, -0.1) is 0 Å². The lowest BCUT2D eigenvalue weighted by Gasteiger charge is -2.38. The van der Waals surface area contributed by atoms with Crippen LogP contribution in [0, 0.1) is 11.3 Å². The Morgan fingerprint density at radius 3 is 2.53 bits per heavy atom. The van der Waals surface area contributed by atoms with Crippen molar-refractivity contribution in [3.05, 3.63) is 0 Å². The largest absolute Gasteiger partial charge is 0.314 e. The molecule has 2 rings (SSSR count). The Morgan fingerprint density at radius 2 is 2.07 bits per heavy atom. The van der Waals surface area contributed by atoms with Gasteiger partial charge >= 0.3 is 0 Å². The summed E-state index contributed by atoms with van der Waals surface area (Å²) >= 11 is 0. The molecule has 1 N–H and O–H groups in total. The van der Waals surface area contributed by atoms with Gasteiger partial charge in [0.1, 0.15) is 5.54 Å². The van der Waals surface area contributed by atoms with Crippen LogP contribution in [0.3, 0.4) is 0 Å². The fourth-order valence-corrected chi connectivity index (χ4v) is 2.75. The van der Waals surface area contributed by atoms with Gasteiger partial charge in [0.2, 0.25) is 0 Å². The van der Waals surface area contributed by atoms with Crippen molar-refractivity contribution in [1.82, 2.24) is 15.1 Å². The van der Waals surface area contributed by atoms with Crippen LogP contribution in [0.2, 0.25) is 0 Å². The fraction of sp³-hybridized carbons (Fsp3) is 0.909. The topological polar surface area (TPSA) is 42.3 Å². The molecule has 0 aromatic rings. The van der Waals surface area contributed by atoms with Crippen molar-refractivity contribution in [2.24, 2.45) is 0 Å². The lowest BCUT2D eigenvalue weighted by Crippen LogP contribution is -2.56. The van der Waals surface area contributed by atoms with Crippen LogP contribution < -0.4 is 5.32 Å². The first-order valence-corrected chi connectivity index (χ1v) is 5.75. The van der Waals surface area contributed by atoms with Crippen LogP contribution in [0.4, 0.5) is 0 Å². The van der Waals surface area contributed by atoms with Gasteiger partial charge in [-0.25, -0.2) is 0 Å². The maximum Gasteiger partial charge on any atom is 0.123 e. The van der Waals surface area contributed by atoms with Gasteiger partial charge in [-0.1, -0.05) is 0 Å². The molecule has 0 saturated carbocycles. The number of rotatable bonds is 1. The van der Waals surface area contributed by atoms with Gasteiger partial charge in [0.05, 0.1) is 6.07 Å². The van der Waals surface area contributed by atoms with Crippen molar-refractivity contribution >= 4 is 0 Å². The van der Waals surface area contributed by atoms with E-state index in [-0.39, 0.29) is 5.54 Å². The van der Waals surface area contributed by atoms with Crippen molar-refractivity contribution < 1.29 is 0 Å². The third kappa shape index (κ3) is 1.87. The summed E-state index contributed by atoms with van der Waals surface area (Å²) in [5, 5.41) is 12.8. The average molecular weight is 208 g/mol. The van der Waals surface area contributed by atoms with Crippen LogP contribution >= 0.6 is 0 Å². The van der Waals surface area contributed by atoms with Crippen molar-refractivity contribution in [2.45, 2.75) is 24.9 Å². The first-order valence-electron chi connectivity index (χ1n) is 5.75. The van der Waals surface area contributed by atoms with E-state index in [0.717, 1.165) is 39.1 Å². The third-order valence-electron chi connectivity index (χ3n) is 3.83. The predicted octanol–water partition coefficient (Wildman–Crippen LogP) is -0.122. The zero-order chi connectivity index (χ0) is 10.9. The molecule has 2 heterocycles. The standard InChI is InChI=1S/C11H20N4/c1-10-7-11(8-12,9-14(10)2)15-5-3-13-4-6-15/h10,13H,3-7,9H2,1-2H3. The lowest BCUT2D eigenvalue weighted by atomic mass is 9.95. The SMILES string of the molecule is CC1CC(C#N)(N2CCNCC2)CN1C. The van der Waals surface area contributed by atoms with Crippen LogP contribution in [0.1, 0.15) is 13.3 Å². The molecule has 2 saturated heterocycles. The molecule has 4 nitrogen and oxygen atoms in total. The number of likely N-dealkylation sites (N-methyl/N-ethyl adjacent to an activating group) is 1. The van der Waals surface area contributed by atoms with E-state index in [1.165, 1.54) is 0 Å². The zero-order valence-electron chi connectivity index (χ0n) is 9.66. The van der Waals surface area contributed by atoms with Gasteiger partial charge in [0.25, 0.3) is 0 Å². The Balaban J connectivity index is 2.12. The Bertz CT molecular complexity index is 254. The van der Waals surface area contributed by atoms with Gasteiger partial charge in [-0.3, -0.25) is 4.90 Å². The molecule has 0 bridgehead atoms. The molecule has 0 aromatic heterocycles. The van der Waals surface area contributed by atoms with E-state index in [4.69, 9.17) is 0 Å². The van der Waals surface area contributed by atoms with E-state index in [1.54, 1.807) is 0 Å². The van der Waals surface area contributed by atoms with E-state index in [9.17, 15) is 5.26 Å². The molecular formula is C11H20N4. The highest BCUT2D eigenvalue weighted by molar-refractivity contribution is 5.15. The summed E-state index contributed by atoms with van der Waals surface area (Å²) in [6, 6.07) is 3.09. The van der Waals surface area contributed by atoms with Crippen LogP contribution in [-0.2, 0) is 0 Å². The van der Waals surface area contributed by atoms with Crippen LogP contribution in [0.25, 0.3) is 0 Å². The Kier molecular flexibility index (Phi) is 2.96. The highest BCUT2D eigenvalue weighted by Crippen LogP contribution is 2.31. The number of likely N-dealkylation sites (tertiary alicyclic amines) is 1. The summed E-state index contributed by atoms with van der Waals surface area (Å²) in [5.74, 6) is 0. The molecule has 0 aromatic carbocycles. The number of piperazine rings is 1. The molecule has 2 unspecified atom stereocenters. The van der Waals surface area contributed by atoms with E-state index in [1.807, 2.05) is 0 Å². The van der Waals surface area contributed by atoms with Crippen molar-refractivity contribution in [1.29, 1.82) is 5.26 Å². The molecule has 2 aliphatic heterocycles. The molecule has 2 aliphatic rings. The monoisotopic (exact) mass is 208 g/mol. The zero-order valence-corrected chi connectivity index (χ0v) is 9.66. The molecule has 0 amide bonds. The molecule has 4 heteroatoms. The molecule has 2 atom stereocenters. The summed E-state index contributed by atoms with van der Waals surface area (Å²) < 4.78 is 0. The Morgan fingerprint density at radius 1 is 1.40 bits per heavy atom. The normalized spacial score (nSPS) is 39.1. The number of nitrogens with one attached hydrogen (secondary N) is 1. The van der Waals surface area contributed by atoms with Gasteiger partial charge in [0, 0.05) is 38.8 Å². The highest BCUT2D eigenvalue weighted by atomic mass is 15.3. The lowest BCUT2D eigenvalue weighted by molar-refractivity contribution is 0.125.